The first-order valence-electron chi connectivity index (χ1n) is 8.31. The molecule has 2 N–H and O–H groups in total. The normalized spacial score (nSPS) is 18.4. The van der Waals surface area contributed by atoms with Crippen molar-refractivity contribution < 1.29 is 17.9 Å². The summed E-state index contributed by atoms with van der Waals surface area (Å²) < 4.78 is 27.7. The van der Waals surface area contributed by atoms with E-state index in [0.29, 0.717) is 19.1 Å². The zero-order valence-electron chi connectivity index (χ0n) is 14.1. The van der Waals surface area contributed by atoms with Gasteiger partial charge in [0.1, 0.15) is 5.75 Å². The topological polar surface area (TPSA) is 89.7 Å². The summed E-state index contributed by atoms with van der Waals surface area (Å²) in [7, 11) is -3.49. The van der Waals surface area contributed by atoms with E-state index in [2.05, 4.69) is 0 Å². The van der Waals surface area contributed by atoms with Crippen molar-refractivity contribution in [3.63, 3.8) is 0 Å². The molecule has 2 rings (SSSR count). The van der Waals surface area contributed by atoms with E-state index in [4.69, 9.17) is 9.88 Å². The maximum Gasteiger partial charge on any atom is 0.222 e. The van der Waals surface area contributed by atoms with Gasteiger partial charge in [0.25, 0.3) is 0 Å². The number of hydrogen-bond donors (Lipinski definition) is 1. The molecule has 1 saturated heterocycles. The highest BCUT2D eigenvalue weighted by molar-refractivity contribution is 7.89. The number of aryl methyl sites for hydroxylation is 1. The quantitative estimate of drug-likeness (QED) is 0.807. The third-order valence-electron chi connectivity index (χ3n) is 4.20. The second-order valence-corrected chi connectivity index (χ2v) is 8.18. The van der Waals surface area contributed by atoms with Crippen molar-refractivity contribution in [2.45, 2.75) is 32.6 Å². The molecule has 1 aliphatic rings. The summed E-state index contributed by atoms with van der Waals surface area (Å²) in [5.74, 6) is 1.00. The molecule has 1 atom stereocenters. The summed E-state index contributed by atoms with van der Waals surface area (Å²) in [4.78, 5) is 14.0. The van der Waals surface area contributed by atoms with Crippen LogP contribution in [0.25, 0.3) is 0 Å². The zero-order chi connectivity index (χ0) is 17.6. The average Bonchev–Trinajstić information content (AvgIpc) is 2.53. The molecule has 0 radical (unpaired) electrons. The molecule has 1 aliphatic heterocycles. The van der Waals surface area contributed by atoms with E-state index in [-0.39, 0.29) is 24.5 Å². The van der Waals surface area contributed by atoms with Crippen molar-refractivity contribution in [1.82, 2.24) is 4.90 Å². The fourth-order valence-electron chi connectivity index (χ4n) is 2.86. The lowest BCUT2D eigenvalue weighted by molar-refractivity contribution is -0.133. The number of carbonyl (C=O) groups is 1. The molecule has 7 heteroatoms. The Hall–Kier alpha value is -1.60. The highest BCUT2D eigenvalue weighted by atomic mass is 32.2. The number of sulfonamides is 1. The molecule has 1 fully saturated rings. The minimum atomic E-state index is -3.49. The molecule has 0 aromatic heterocycles. The Morgan fingerprint density at radius 3 is 2.71 bits per heavy atom. The standard InChI is InChI=1S/C17H26N2O4S/c1-14-6-8-16(9-7-14)23-13-15-4-2-10-19(12-15)17(20)5-3-11-24(18,21)22/h6-9,15H,2-5,10-13H2,1H3,(H2,18,21,22). The first-order valence-corrected chi connectivity index (χ1v) is 10.0. The van der Waals surface area contributed by atoms with Crippen LogP contribution in [0.3, 0.4) is 0 Å². The van der Waals surface area contributed by atoms with Crippen LogP contribution < -0.4 is 9.88 Å². The molecular weight excluding hydrogens is 328 g/mol. The van der Waals surface area contributed by atoms with Gasteiger partial charge in [-0.1, -0.05) is 17.7 Å². The number of amides is 1. The largest absolute Gasteiger partial charge is 0.493 e. The monoisotopic (exact) mass is 354 g/mol. The van der Waals surface area contributed by atoms with Crippen LogP contribution in [0.4, 0.5) is 0 Å². The first-order chi connectivity index (χ1) is 11.3. The fourth-order valence-corrected chi connectivity index (χ4v) is 3.41. The van der Waals surface area contributed by atoms with E-state index in [0.717, 1.165) is 25.1 Å². The third-order valence-corrected chi connectivity index (χ3v) is 5.06. The summed E-state index contributed by atoms with van der Waals surface area (Å²) in [6, 6.07) is 7.93. The van der Waals surface area contributed by atoms with E-state index in [1.165, 1.54) is 5.56 Å². The van der Waals surface area contributed by atoms with Crippen molar-refractivity contribution in [2.24, 2.45) is 11.1 Å². The number of nitrogens with two attached hydrogens (primary N) is 1. The minimum Gasteiger partial charge on any atom is -0.493 e. The predicted octanol–water partition coefficient (Wildman–Crippen LogP) is 1.68. The molecule has 1 aromatic carbocycles. The molecule has 134 valence electrons. The van der Waals surface area contributed by atoms with E-state index in [1.54, 1.807) is 0 Å². The van der Waals surface area contributed by atoms with Gasteiger partial charge in [-0.25, -0.2) is 13.6 Å². The molecule has 0 bridgehead atoms. The minimum absolute atomic E-state index is 0.00122. The number of likely N-dealkylation sites (tertiary alicyclic amines) is 1. The highest BCUT2D eigenvalue weighted by Crippen LogP contribution is 2.20. The van der Waals surface area contributed by atoms with Crippen LogP contribution in [0.5, 0.6) is 5.75 Å². The summed E-state index contributed by atoms with van der Waals surface area (Å²) in [5.41, 5.74) is 1.19. The molecule has 1 heterocycles. The van der Waals surface area contributed by atoms with Gasteiger partial charge in [-0.3, -0.25) is 4.79 Å². The number of hydrogen-bond acceptors (Lipinski definition) is 4. The molecule has 0 saturated carbocycles. The van der Waals surface area contributed by atoms with Gasteiger partial charge in [-0.05, 0) is 38.3 Å². The predicted molar refractivity (Wildman–Crippen MR) is 93.2 cm³/mol. The molecule has 6 nitrogen and oxygen atoms in total. The summed E-state index contributed by atoms with van der Waals surface area (Å²) in [6.07, 6.45) is 2.48. The van der Waals surface area contributed by atoms with Crippen molar-refractivity contribution in [1.29, 1.82) is 0 Å². The number of rotatable bonds is 7. The van der Waals surface area contributed by atoms with Crippen LogP contribution in [0.1, 0.15) is 31.2 Å². The van der Waals surface area contributed by atoms with Crippen LogP contribution in [-0.2, 0) is 14.8 Å². The van der Waals surface area contributed by atoms with E-state index in [1.807, 2.05) is 36.1 Å². The highest BCUT2D eigenvalue weighted by Gasteiger charge is 2.24. The summed E-state index contributed by atoms with van der Waals surface area (Å²) >= 11 is 0. The molecule has 1 unspecified atom stereocenters. The molecule has 0 spiro atoms. The first kappa shape index (κ1) is 18.7. The van der Waals surface area contributed by atoms with Gasteiger partial charge in [-0.2, -0.15) is 0 Å². The van der Waals surface area contributed by atoms with Crippen molar-refractivity contribution in [2.75, 3.05) is 25.4 Å². The van der Waals surface area contributed by atoms with Crippen LogP contribution in [0, 0.1) is 12.8 Å². The fraction of sp³-hybridized carbons (Fsp3) is 0.588. The second-order valence-electron chi connectivity index (χ2n) is 6.44. The molecular formula is C17H26N2O4S. The van der Waals surface area contributed by atoms with Gasteiger partial charge in [0, 0.05) is 25.4 Å². The smallest absolute Gasteiger partial charge is 0.222 e. The average molecular weight is 354 g/mol. The Bertz CT molecular complexity index is 643. The van der Waals surface area contributed by atoms with E-state index in [9.17, 15) is 13.2 Å². The number of nitrogens with zero attached hydrogens (tertiary/aromatic N) is 1. The molecule has 24 heavy (non-hydrogen) atoms. The Labute approximate surface area is 144 Å². The summed E-state index contributed by atoms with van der Waals surface area (Å²) in [5, 5.41) is 4.96. The Morgan fingerprint density at radius 1 is 1.33 bits per heavy atom. The second kappa shape index (κ2) is 8.48. The zero-order valence-corrected chi connectivity index (χ0v) is 14.9. The van der Waals surface area contributed by atoms with E-state index >= 15 is 0 Å². The van der Waals surface area contributed by atoms with Gasteiger partial charge >= 0.3 is 0 Å². The number of piperidine rings is 1. The van der Waals surface area contributed by atoms with Gasteiger partial charge in [0.15, 0.2) is 0 Å². The van der Waals surface area contributed by atoms with Crippen molar-refractivity contribution >= 4 is 15.9 Å². The van der Waals surface area contributed by atoms with Gasteiger partial charge in [0.05, 0.1) is 12.4 Å². The van der Waals surface area contributed by atoms with Crippen LogP contribution in [0.15, 0.2) is 24.3 Å². The van der Waals surface area contributed by atoms with Crippen molar-refractivity contribution in [3.05, 3.63) is 29.8 Å². The number of ether oxygens (including phenoxy) is 1. The maximum atomic E-state index is 12.2. The molecule has 1 aromatic rings. The number of carbonyl (C=O) groups excluding carboxylic acids is 1. The number of benzene rings is 1. The molecule has 0 aliphatic carbocycles. The SMILES string of the molecule is Cc1ccc(OCC2CCCN(C(=O)CCCS(N)(=O)=O)C2)cc1. The Balaban J connectivity index is 1.76. The Morgan fingerprint density at radius 2 is 2.04 bits per heavy atom. The van der Waals surface area contributed by atoms with E-state index < -0.39 is 10.0 Å². The van der Waals surface area contributed by atoms with Crippen LogP contribution in [0.2, 0.25) is 0 Å². The van der Waals surface area contributed by atoms with Gasteiger partial charge in [0.2, 0.25) is 15.9 Å². The third kappa shape index (κ3) is 6.49. The lowest BCUT2D eigenvalue weighted by atomic mass is 9.98. The van der Waals surface area contributed by atoms with Crippen LogP contribution >= 0.6 is 0 Å². The Kier molecular flexibility index (Phi) is 6.62. The molecule has 1 amide bonds. The van der Waals surface area contributed by atoms with Crippen molar-refractivity contribution in [3.8, 4) is 5.75 Å². The maximum absolute atomic E-state index is 12.2. The van der Waals surface area contributed by atoms with Gasteiger partial charge < -0.3 is 9.64 Å². The summed E-state index contributed by atoms with van der Waals surface area (Å²) in [6.45, 7) is 4.02. The van der Waals surface area contributed by atoms with Crippen LogP contribution in [-0.4, -0.2) is 44.7 Å². The lowest BCUT2D eigenvalue weighted by Gasteiger charge is -2.32. The lowest BCUT2D eigenvalue weighted by Crippen LogP contribution is -2.41. The number of primary sulfonamides is 1. The van der Waals surface area contributed by atoms with Gasteiger partial charge in [-0.15, -0.1) is 0 Å².